The maximum absolute atomic E-state index is 5.29. The summed E-state index contributed by atoms with van der Waals surface area (Å²) in [6.45, 7) is 3.10. The molecular formula is C9H20O3. The largest absolute Gasteiger partial charge is 0.385 e. The molecule has 0 saturated heterocycles. The van der Waals surface area contributed by atoms with E-state index < -0.39 is 0 Å². The summed E-state index contributed by atoms with van der Waals surface area (Å²) in [4.78, 5) is 0. The van der Waals surface area contributed by atoms with Crippen molar-refractivity contribution >= 4 is 0 Å². The summed E-state index contributed by atoms with van der Waals surface area (Å²) in [6, 6.07) is 0. The van der Waals surface area contributed by atoms with E-state index in [4.69, 9.17) is 14.2 Å². The van der Waals surface area contributed by atoms with Crippen LogP contribution < -0.4 is 0 Å². The van der Waals surface area contributed by atoms with E-state index in [0.29, 0.717) is 13.2 Å². The molecule has 0 bridgehead atoms. The summed E-state index contributed by atoms with van der Waals surface area (Å²) in [7, 11) is 3.41. The van der Waals surface area contributed by atoms with Crippen LogP contribution in [0.15, 0.2) is 0 Å². The van der Waals surface area contributed by atoms with Crippen LogP contribution in [0.25, 0.3) is 0 Å². The maximum Gasteiger partial charge on any atom is 0.0700 e. The quantitative estimate of drug-likeness (QED) is 0.498. The van der Waals surface area contributed by atoms with Gasteiger partial charge in [-0.25, -0.2) is 0 Å². The van der Waals surface area contributed by atoms with Crippen molar-refractivity contribution in [1.82, 2.24) is 0 Å². The lowest BCUT2D eigenvalue weighted by Crippen LogP contribution is -2.03. The number of unbranched alkanes of at least 4 members (excludes halogenated alkanes) is 2. The molecule has 74 valence electrons. The van der Waals surface area contributed by atoms with Crippen molar-refractivity contribution in [3.63, 3.8) is 0 Å². The van der Waals surface area contributed by atoms with E-state index in [9.17, 15) is 0 Å². The van der Waals surface area contributed by atoms with Crippen molar-refractivity contribution in [2.45, 2.75) is 19.3 Å². The van der Waals surface area contributed by atoms with Crippen molar-refractivity contribution in [3.05, 3.63) is 0 Å². The van der Waals surface area contributed by atoms with Gasteiger partial charge in [0, 0.05) is 27.4 Å². The molecule has 0 radical (unpaired) electrons. The predicted molar refractivity (Wildman–Crippen MR) is 48.4 cm³/mol. The first-order valence-corrected chi connectivity index (χ1v) is 4.47. The van der Waals surface area contributed by atoms with Gasteiger partial charge in [0.05, 0.1) is 13.2 Å². The Morgan fingerprint density at radius 1 is 0.667 bits per heavy atom. The number of ether oxygens (including phenoxy) is 3. The number of methoxy groups -OCH3 is 2. The predicted octanol–water partition coefficient (Wildman–Crippen LogP) is 1.47. The zero-order valence-corrected chi connectivity index (χ0v) is 8.17. The van der Waals surface area contributed by atoms with Crippen LogP contribution in [0.4, 0.5) is 0 Å². The third-order valence-electron chi connectivity index (χ3n) is 1.57. The van der Waals surface area contributed by atoms with Crippen LogP contribution in [0.5, 0.6) is 0 Å². The molecule has 0 atom stereocenters. The highest BCUT2D eigenvalue weighted by molar-refractivity contribution is 4.39. The first kappa shape index (κ1) is 11.9. The Bertz CT molecular complexity index is 66.2. The van der Waals surface area contributed by atoms with Crippen molar-refractivity contribution in [2.24, 2.45) is 0 Å². The minimum atomic E-state index is 0.693. The Hall–Kier alpha value is -0.120. The average Bonchev–Trinajstić information content (AvgIpc) is 2.10. The van der Waals surface area contributed by atoms with Gasteiger partial charge in [0.25, 0.3) is 0 Å². The summed E-state index contributed by atoms with van der Waals surface area (Å²) in [5, 5.41) is 0. The van der Waals surface area contributed by atoms with Gasteiger partial charge in [-0.05, 0) is 19.3 Å². The summed E-state index contributed by atoms with van der Waals surface area (Å²) in [6.07, 6.45) is 3.43. The molecule has 0 aromatic carbocycles. The topological polar surface area (TPSA) is 27.7 Å². The molecule has 12 heavy (non-hydrogen) atoms. The van der Waals surface area contributed by atoms with Crippen LogP contribution >= 0.6 is 0 Å². The van der Waals surface area contributed by atoms with Crippen molar-refractivity contribution in [1.29, 1.82) is 0 Å². The lowest BCUT2D eigenvalue weighted by molar-refractivity contribution is 0.0677. The third-order valence-corrected chi connectivity index (χ3v) is 1.57. The van der Waals surface area contributed by atoms with Crippen LogP contribution in [0.2, 0.25) is 0 Å². The minimum Gasteiger partial charge on any atom is -0.385 e. The zero-order valence-electron chi connectivity index (χ0n) is 8.17. The van der Waals surface area contributed by atoms with E-state index in [1.54, 1.807) is 14.2 Å². The van der Waals surface area contributed by atoms with E-state index in [1.165, 1.54) is 6.42 Å². The molecule has 0 aromatic rings. The van der Waals surface area contributed by atoms with Gasteiger partial charge in [0.2, 0.25) is 0 Å². The maximum atomic E-state index is 5.29. The first-order chi connectivity index (χ1) is 5.91. The fraction of sp³-hybridized carbons (Fsp3) is 1.00. The highest BCUT2D eigenvalue weighted by Crippen LogP contribution is 1.95. The molecular weight excluding hydrogens is 156 g/mol. The Labute approximate surface area is 75.0 Å². The van der Waals surface area contributed by atoms with Crippen molar-refractivity contribution in [3.8, 4) is 0 Å². The molecule has 0 fully saturated rings. The van der Waals surface area contributed by atoms with Gasteiger partial charge in [-0.1, -0.05) is 0 Å². The molecule has 0 heterocycles. The molecule has 0 unspecified atom stereocenters. The van der Waals surface area contributed by atoms with E-state index in [1.807, 2.05) is 0 Å². The molecule has 0 amide bonds. The molecule has 3 nitrogen and oxygen atoms in total. The third kappa shape index (κ3) is 9.88. The fourth-order valence-electron chi connectivity index (χ4n) is 0.872. The van der Waals surface area contributed by atoms with Crippen molar-refractivity contribution < 1.29 is 14.2 Å². The molecule has 3 heteroatoms. The molecule has 0 saturated carbocycles. The van der Waals surface area contributed by atoms with Gasteiger partial charge in [-0.3, -0.25) is 0 Å². The molecule has 0 aliphatic rings. The Kier molecular flexibility index (Phi) is 10.8. The van der Waals surface area contributed by atoms with Gasteiger partial charge in [-0.15, -0.1) is 0 Å². The summed E-state index contributed by atoms with van der Waals surface area (Å²) in [5.74, 6) is 0. The molecule has 0 rings (SSSR count). The molecule has 0 N–H and O–H groups in total. The Morgan fingerprint density at radius 3 is 2.00 bits per heavy atom. The van der Waals surface area contributed by atoms with Gasteiger partial charge in [0.15, 0.2) is 0 Å². The zero-order chi connectivity index (χ0) is 9.07. The molecule has 0 spiro atoms. The van der Waals surface area contributed by atoms with Crippen LogP contribution in [-0.2, 0) is 14.2 Å². The average molecular weight is 176 g/mol. The van der Waals surface area contributed by atoms with Crippen LogP contribution in [-0.4, -0.2) is 40.6 Å². The summed E-state index contributed by atoms with van der Waals surface area (Å²) < 4.78 is 15.1. The Morgan fingerprint density at radius 2 is 1.33 bits per heavy atom. The lowest BCUT2D eigenvalue weighted by Gasteiger charge is -2.02. The molecule has 0 aliphatic heterocycles. The second-order valence-electron chi connectivity index (χ2n) is 2.66. The number of hydrogen-bond donors (Lipinski definition) is 0. The van der Waals surface area contributed by atoms with Gasteiger partial charge < -0.3 is 14.2 Å². The van der Waals surface area contributed by atoms with Gasteiger partial charge in [0.1, 0.15) is 0 Å². The fourth-order valence-corrected chi connectivity index (χ4v) is 0.872. The second-order valence-corrected chi connectivity index (χ2v) is 2.66. The van der Waals surface area contributed by atoms with Crippen LogP contribution in [0.3, 0.4) is 0 Å². The highest BCUT2D eigenvalue weighted by Gasteiger charge is 1.89. The molecule has 0 aliphatic carbocycles. The number of rotatable bonds is 9. The first-order valence-electron chi connectivity index (χ1n) is 4.47. The lowest BCUT2D eigenvalue weighted by atomic mass is 10.2. The smallest absolute Gasteiger partial charge is 0.0700 e. The molecule has 0 aromatic heterocycles. The standard InChI is InChI=1S/C9H20O3/c1-10-6-4-3-5-7-12-9-8-11-2/h3-9H2,1-2H3. The number of hydrogen-bond acceptors (Lipinski definition) is 3. The van der Waals surface area contributed by atoms with Gasteiger partial charge >= 0.3 is 0 Å². The van der Waals surface area contributed by atoms with E-state index in [2.05, 4.69) is 0 Å². The summed E-state index contributed by atoms with van der Waals surface area (Å²) >= 11 is 0. The van der Waals surface area contributed by atoms with Crippen LogP contribution in [0, 0.1) is 0 Å². The van der Waals surface area contributed by atoms with Crippen LogP contribution in [0.1, 0.15) is 19.3 Å². The second kappa shape index (κ2) is 10.9. The van der Waals surface area contributed by atoms with Gasteiger partial charge in [-0.2, -0.15) is 0 Å². The Balaban J connectivity index is 2.73. The summed E-state index contributed by atoms with van der Waals surface area (Å²) in [5.41, 5.74) is 0. The van der Waals surface area contributed by atoms with Crippen molar-refractivity contribution in [2.75, 3.05) is 40.6 Å². The van der Waals surface area contributed by atoms with E-state index >= 15 is 0 Å². The normalized spacial score (nSPS) is 10.5. The SMILES string of the molecule is COCCCCCOCCOC. The minimum absolute atomic E-state index is 0.693. The monoisotopic (exact) mass is 176 g/mol. The van der Waals surface area contributed by atoms with E-state index in [-0.39, 0.29) is 0 Å². The highest BCUT2D eigenvalue weighted by atomic mass is 16.5. The van der Waals surface area contributed by atoms with E-state index in [0.717, 1.165) is 26.1 Å².